The molecule has 2 aromatic rings. The molecule has 0 bridgehead atoms. The van der Waals surface area contributed by atoms with Crippen molar-refractivity contribution >= 4 is 17.6 Å². The summed E-state index contributed by atoms with van der Waals surface area (Å²) < 4.78 is 19.9. The van der Waals surface area contributed by atoms with E-state index in [4.69, 9.17) is 16.3 Å². The average molecular weight is 389 g/mol. The normalized spacial score (nSPS) is 18.2. The van der Waals surface area contributed by atoms with Crippen molar-refractivity contribution in [1.29, 1.82) is 0 Å². The van der Waals surface area contributed by atoms with Gasteiger partial charge in [-0.05, 0) is 48.6 Å². The van der Waals surface area contributed by atoms with Gasteiger partial charge in [0, 0.05) is 36.9 Å². The smallest absolute Gasteiger partial charge is 0.318 e. The number of carbonyl (C=O) groups is 1. The fraction of sp³-hybridized carbons (Fsp3) is 0.381. The van der Waals surface area contributed by atoms with Gasteiger partial charge in [-0.1, -0.05) is 35.9 Å². The van der Waals surface area contributed by atoms with E-state index in [0.29, 0.717) is 23.8 Å². The quantitative estimate of drug-likeness (QED) is 0.834. The molecule has 0 unspecified atom stereocenters. The maximum atomic E-state index is 14.5. The third-order valence-corrected chi connectivity index (χ3v) is 5.95. The zero-order chi connectivity index (χ0) is 18.9. The van der Waals surface area contributed by atoms with Crippen molar-refractivity contribution in [2.24, 2.45) is 0 Å². The molecule has 4 rings (SSSR count). The molecule has 2 saturated heterocycles. The van der Waals surface area contributed by atoms with Gasteiger partial charge in [-0.2, -0.15) is 0 Å². The Hall–Kier alpha value is -2.11. The van der Waals surface area contributed by atoms with Crippen LogP contribution in [0.15, 0.2) is 42.5 Å². The molecule has 1 N–H and O–H groups in total. The van der Waals surface area contributed by atoms with Crippen molar-refractivity contribution in [2.75, 3.05) is 19.8 Å². The highest BCUT2D eigenvalue weighted by Crippen LogP contribution is 2.39. The molecule has 0 saturated carbocycles. The maximum absolute atomic E-state index is 14.5. The summed E-state index contributed by atoms with van der Waals surface area (Å²) in [5, 5.41) is 3.51. The van der Waals surface area contributed by atoms with E-state index in [0.717, 1.165) is 36.9 Å². The third-order valence-electron chi connectivity index (χ3n) is 5.70. The van der Waals surface area contributed by atoms with E-state index < -0.39 is 0 Å². The molecule has 0 aliphatic carbocycles. The van der Waals surface area contributed by atoms with Crippen molar-refractivity contribution in [2.45, 2.75) is 31.3 Å². The van der Waals surface area contributed by atoms with Crippen molar-refractivity contribution in [3.63, 3.8) is 0 Å². The molecule has 6 heteroatoms. The SMILES string of the molecule is O=C(NCc1ccc(-c2ccc(Cl)cc2)cc1F)N1CCC12CCOCC2. The van der Waals surface area contributed by atoms with Gasteiger partial charge >= 0.3 is 6.03 Å². The van der Waals surface area contributed by atoms with Crippen LogP contribution in [0.25, 0.3) is 11.1 Å². The van der Waals surface area contributed by atoms with Gasteiger partial charge in [0.25, 0.3) is 0 Å². The molecule has 2 amide bonds. The first-order valence-electron chi connectivity index (χ1n) is 9.25. The van der Waals surface area contributed by atoms with Crippen LogP contribution < -0.4 is 5.32 Å². The van der Waals surface area contributed by atoms with E-state index >= 15 is 0 Å². The predicted octanol–water partition coefficient (Wildman–Crippen LogP) is 4.61. The highest BCUT2D eigenvalue weighted by molar-refractivity contribution is 6.30. The van der Waals surface area contributed by atoms with Crippen LogP contribution >= 0.6 is 11.6 Å². The molecule has 2 heterocycles. The fourth-order valence-corrected chi connectivity index (χ4v) is 4.03. The zero-order valence-corrected chi connectivity index (χ0v) is 15.8. The summed E-state index contributed by atoms with van der Waals surface area (Å²) in [5.74, 6) is -0.327. The maximum Gasteiger partial charge on any atom is 0.318 e. The minimum Gasteiger partial charge on any atom is -0.381 e. The molecule has 4 nitrogen and oxygen atoms in total. The topological polar surface area (TPSA) is 41.6 Å². The van der Waals surface area contributed by atoms with E-state index in [1.807, 2.05) is 23.1 Å². The first kappa shape index (κ1) is 18.3. The van der Waals surface area contributed by atoms with E-state index in [1.54, 1.807) is 18.2 Å². The number of amides is 2. The Kier molecular flexibility index (Phi) is 5.06. The van der Waals surface area contributed by atoms with Crippen LogP contribution in [0.1, 0.15) is 24.8 Å². The largest absolute Gasteiger partial charge is 0.381 e. The summed E-state index contributed by atoms with van der Waals surface area (Å²) in [5.41, 5.74) is 2.10. The van der Waals surface area contributed by atoms with Gasteiger partial charge in [-0.3, -0.25) is 0 Å². The minimum atomic E-state index is -0.327. The molecule has 2 aliphatic rings. The Labute approximate surface area is 163 Å². The standard InChI is InChI=1S/C21H22ClFN2O2/c22-18-5-3-15(4-6-18)16-1-2-17(19(23)13-16)14-24-20(26)25-10-7-21(25)8-11-27-12-9-21/h1-6,13H,7-12,14H2,(H,24,26). The van der Waals surface area contributed by atoms with Crippen molar-refractivity contribution in [3.8, 4) is 11.1 Å². The molecule has 0 atom stereocenters. The lowest BCUT2D eigenvalue weighted by molar-refractivity contribution is -0.0629. The second kappa shape index (κ2) is 7.49. The van der Waals surface area contributed by atoms with E-state index in [2.05, 4.69) is 5.32 Å². The number of likely N-dealkylation sites (tertiary alicyclic amines) is 1. The van der Waals surface area contributed by atoms with Gasteiger partial charge < -0.3 is 15.0 Å². The highest BCUT2D eigenvalue weighted by Gasteiger charge is 2.47. The van der Waals surface area contributed by atoms with Gasteiger partial charge in [0.05, 0.1) is 5.54 Å². The minimum absolute atomic E-state index is 0.0562. The second-order valence-electron chi connectivity index (χ2n) is 7.21. The Morgan fingerprint density at radius 2 is 1.81 bits per heavy atom. The van der Waals surface area contributed by atoms with Crippen LogP contribution in [0.3, 0.4) is 0 Å². The summed E-state index contributed by atoms with van der Waals surface area (Å²) in [7, 11) is 0. The Bertz CT molecular complexity index is 835. The van der Waals surface area contributed by atoms with Gasteiger partial charge in [0.1, 0.15) is 5.82 Å². The monoisotopic (exact) mass is 388 g/mol. The number of hydrogen-bond donors (Lipinski definition) is 1. The van der Waals surface area contributed by atoms with Crippen LogP contribution in [0.5, 0.6) is 0 Å². The number of carbonyl (C=O) groups excluding carboxylic acids is 1. The van der Waals surface area contributed by atoms with Gasteiger partial charge in [-0.15, -0.1) is 0 Å². The number of benzene rings is 2. The third kappa shape index (κ3) is 3.66. The van der Waals surface area contributed by atoms with E-state index in [9.17, 15) is 9.18 Å². The molecule has 142 valence electrons. The Morgan fingerprint density at radius 3 is 2.44 bits per heavy atom. The molecule has 0 aromatic heterocycles. The molecule has 1 spiro atoms. The molecular formula is C21H22ClFN2O2. The Balaban J connectivity index is 1.39. The number of halogens is 2. The van der Waals surface area contributed by atoms with E-state index in [-0.39, 0.29) is 23.9 Å². The molecule has 0 radical (unpaired) electrons. The summed E-state index contributed by atoms with van der Waals surface area (Å²) in [6, 6.07) is 12.2. The molecule has 2 aromatic carbocycles. The van der Waals surface area contributed by atoms with E-state index in [1.165, 1.54) is 6.07 Å². The van der Waals surface area contributed by atoms with Crippen molar-refractivity contribution < 1.29 is 13.9 Å². The van der Waals surface area contributed by atoms with Crippen LogP contribution in [-0.4, -0.2) is 36.2 Å². The summed E-state index contributed by atoms with van der Waals surface area (Å²) in [4.78, 5) is 14.4. The van der Waals surface area contributed by atoms with Gasteiger partial charge in [-0.25, -0.2) is 9.18 Å². The van der Waals surface area contributed by atoms with Crippen molar-refractivity contribution in [1.82, 2.24) is 10.2 Å². The van der Waals surface area contributed by atoms with Crippen LogP contribution in [-0.2, 0) is 11.3 Å². The average Bonchev–Trinajstić information content (AvgIpc) is 2.67. The van der Waals surface area contributed by atoms with Crippen LogP contribution in [0, 0.1) is 5.82 Å². The Morgan fingerprint density at radius 1 is 1.11 bits per heavy atom. The lowest BCUT2D eigenvalue weighted by atomic mass is 9.78. The first-order chi connectivity index (χ1) is 13.1. The molecular weight excluding hydrogens is 367 g/mol. The number of nitrogens with one attached hydrogen (secondary N) is 1. The summed E-state index contributed by atoms with van der Waals surface area (Å²) in [6.07, 6.45) is 2.78. The zero-order valence-electron chi connectivity index (χ0n) is 15.0. The van der Waals surface area contributed by atoms with Gasteiger partial charge in [0.15, 0.2) is 0 Å². The lowest BCUT2D eigenvalue weighted by Gasteiger charge is -2.54. The molecule has 2 fully saturated rings. The number of urea groups is 1. The molecule has 27 heavy (non-hydrogen) atoms. The second-order valence-corrected chi connectivity index (χ2v) is 7.65. The van der Waals surface area contributed by atoms with Gasteiger partial charge in [0.2, 0.25) is 0 Å². The lowest BCUT2D eigenvalue weighted by Crippen LogP contribution is -2.66. The molecule has 2 aliphatic heterocycles. The van der Waals surface area contributed by atoms with Crippen LogP contribution in [0.4, 0.5) is 9.18 Å². The van der Waals surface area contributed by atoms with Crippen molar-refractivity contribution in [3.05, 3.63) is 58.9 Å². The summed E-state index contributed by atoms with van der Waals surface area (Å²) in [6.45, 7) is 2.33. The van der Waals surface area contributed by atoms with Crippen LogP contribution in [0.2, 0.25) is 5.02 Å². The number of ether oxygens (including phenoxy) is 1. The fourth-order valence-electron chi connectivity index (χ4n) is 3.91. The number of nitrogens with zero attached hydrogens (tertiary/aromatic N) is 1. The first-order valence-corrected chi connectivity index (χ1v) is 9.63. The number of hydrogen-bond acceptors (Lipinski definition) is 2. The number of rotatable bonds is 3. The summed E-state index contributed by atoms with van der Waals surface area (Å²) >= 11 is 5.90. The highest BCUT2D eigenvalue weighted by atomic mass is 35.5. The predicted molar refractivity (Wildman–Crippen MR) is 103 cm³/mol.